The largest absolute Gasteiger partial charge is 0.381 e. The molecule has 0 aromatic carbocycles. The number of hydrogen-bond acceptors (Lipinski definition) is 4. The summed E-state index contributed by atoms with van der Waals surface area (Å²) in [7, 11) is 0. The second-order valence-corrected chi connectivity index (χ2v) is 9.84. The van der Waals surface area contributed by atoms with Gasteiger partial charge in [-0.3, -0.25) is 9.59 Å². The minimum absolute atomic E-state index is 0.0298. The monoisotopic (exact) mass is 356 g/mol. The Kier molecular flexibility index (Phi) is 2.98. The van der Waals surface area contributed by atoms with Crippen LogP contribution in [-0.2, 0) is 14.3 Å². The number of allylic oxidation sites excluding steroid dienone is 2. The predicted octanol–water partition coefficient (Wildman–Crippen LogP) is 2.99. The Morgan fingerprint density at radius 2 is 2.04 bits per heavy atom. The third kappa shape index (κ3) is 1.53. The van der Waals surface area contributed by atoms with Crippen molar-refractivity contribution in [3.05, 3.63) is 23.8 Å². The zero-order valence-electron chi connectivity index (χ0n) is 16.0. The molecule has 4 heteroatoms. The fraction of sp³-hybridized carbons (Fsp3) is 0.727. The summed E-state index contributed by atoms with van der Waals surface area (Å²) < 4.78 is 6.46. The van der Waals surface area contributed by atoms with E-state index in [0.29, 0.717) is 5.92 Å². The van der Waals surface area contributed by atoms with Gasteiger partial charge >= 0.3 is 0 Å². The molecule has 4 aliphatic carbocycles. The second kappa shape index (κ2) is 4.59. The maximum atomic E-state index is 12.5. The number of rotatable bonds is 1. The Morgan fingerprint density at radius 1 is 1.31 bits per heavy atom. The molecule has 5 rings (SSSR count). The lowest BCUT2D eigenvalue weighted by molar-refractivity contribution is -0.160. The molecule has 0 amide bonds. The van der Waals surface area contributed by atoms with Gasteiger partial charge in [0.1, 0.15) is 11.2 Å². The number of Topliss-reactive ketones (excluding diaryl/α,β-unsaturated/α-hetero) is 1. The van der Waals surface area contributed by atoms with Crippen LogP contribution < -0.4 is 0 Å². The van der Waals surface area contributed by atoms with Gasteiger partial charge < -0.3 is 9.84 Å². The van der Waals surface area contributed by atoms with Crippen LogP contribution in [0.4, 0.5) is 0 Å². The molecule has 4 fully saturated rings. The molecule has 140 valence electrons. The van der Waals surface area contributed by atoms with E-state index in [1.54, 1.807) is 12.2 Å². The minimum Gasteiger partial charge on any atom is -0.381 e. The molecule has 0 aromatic heterocycles. The maximum absolute atomic E-state index is 12.5. The Morgan fingerprint density at radius 3 is 2.73 bits per heavy atom. The summed E-state index contributed by atoms with van der Waals surface area (Å²) in [5, 5.41) is 11.5. The Balaban J connectivity index is 1.62. The SMILES string of the molecule is CC(=O)C1(O)C(C)CC2C3CCC4=CC(=O)C=CC4(C)C34OC4CC21C. The molecule has 5 aliphatic rings. The summed E-state index contributed by atoms with van der Waals surface area (Å²) in [6.45, 7) is 7.89. The van der Waals surface area contributed by atoms with E-state index in [2.05, 4.69) is 19.9 Å². The first-order valence-electron chi connectivity index (χ1n) is 9.97. The molecule has 0 radical (unpaired) electrons. The summed E-state index contributed by atoms with van der Waals surface area (Å²) in [4.78, 5) is 24.4. The number of fused-ring (bicyclic) bond motifs is 3. The molecule has 1 aliphatic heterocycles. The molecule has 0 aromatic rings. The molecule has 4 nitrogen and oxygen atoms in total. The van der Waals surface area contributed by atoms with Crippen LogP contribution in [0.15, 0.2) is 23.8 Å². The predicted molar refractivity (Wildman–Crippen MR) is 96.3 cm³/mol. The summed E-state index contributed by atoms with van der Waals surface area (Å²) in [5.74, 6) is 0.536. The van der Waals surface area contributed by atoms with E-state index in [4.69, 9.17) is 4.74 Å². The van der Waals surface area contributed by atoms with Gasteiger partial charge in [0.15, 0.2) is 11.6 Å². The van der Waals surface area contributed by atoms with Gasteiger partial charge in [-0.2, -0.15) is 0 Å². The molecule has 0 bridgehead atoms. The van der Waals surface area contributed by atoms with Crippen LogP contribution in [0.25, 0.3) is 0 Å². The highest BCUT2D eigenvalue weighted by Crippen LogP contribution is 2.76. The lowest BCUT2D eigenvalue weighted by atomic mass is 9.47. The molecular weight excluding hydrogens is 328 g/mol. The normalized spacial score (nSPS) is 56.8. The van der Waals surface area contributed by atoms with Gasteiger partial charge in [0, 0.05) is 10.8 Å². The van der Waals surface area contributed by atoms with Crippen LogP contribution in [0.5, 0.6) is 0 Å². The lowest BCUT2D eigenvalue weighted by Crippen LogP contribution is -2.61. The van der Waals surface area contributed by atoms with Crippen LogP contribution in [0.3, 0.4) is 0 Å². The molecule has 1 N–H and O–H groups in total. The van der Waals surface area contributed by atoms with Crippen molar-refractivity contribution in [2.75, 3.05) is 0 Å². The number of ether oxygens (including phenoxy) is 1. The fourth-order valence-corrected chi connectivity index (χ4v) is 7.73. The van der Waals surface area contributed by atoms with E-state index >= 15 is 0 Å². The van der Waals surface area contributed by atoms with Gasteiger partial charge in [-0.15, -0.1) is 0 Å². The standard InChI is InChI=1S/C22H28O4/c1-12-9-17-16-6-5-14-10-15(24)7-8-19(14,3)22(16)18(26-22)11-20(17,4)21(12,25)13(2)23/h7-8,10,12,16-18,25H,5-6,9,11H2,1-4H3. The van der Waals surface area contributed by atoms with E-state index < -0.39 is 11.0 Å². The maximum Gasteiger partial charge on any atom is 0.178 e. The Bertz CT molecular complexity index is 796. The quantitative estimate of drug-likeness (QED) is 0.734. The Labute approximate surface area is 154 Å². The van der Waals surface area contributed by atoms with E-state index in [0.717, 1.165) is 25.7 Å². The highest BCUT2D eigenvalue weighted by atomic mass is 16.6. The number of hydrogen-bond donors (Lipinski definition) is 1. The van der Waals surface area contributed by atoms with Crippen LogP contribution >= 0.6 is 0 Å². The molecule has 8 atom stereocenters. The summed E-state index contributed by atoms with van der Waals surface area (Å²) in [6.07, 6.45) is 9.07. The van der Waals surface area contributed by atoms with E-state index in [1.165, 1.54) is 12.5 Å². The lowest BCUT2D eigenvalue weighted by Gasteiger charge is -2.55. The number of aliphatic hydroxyl groups is 1. The summed E-state index contributed by atoms with van der Waals surface area (Å²) >= 11 is 0. The highest BCUT2D eigenvalue weighted by Gasteiger charge is 2.81. The zero-order chi connectivity index (χ0) is 18.7. The first-order valence-corrected chi connectivity index (χ1v) is 9.97. The average molecular weight is 356 g/mol. The molecule has 8 unspecified atom stereocenters. The first-order chi connectivity index (χ1) is 12.1. The van der Waals surface area contributed by atoms with Gasteiger partial charge in [-0.1, -0.05) is 25.5 Å². The van der Waals surface area contributed by atoms with Gasteiger partial charge in [-0.25, -0.2) is 0 Å². The van der Waals surface area contributed by atoms with Crippen LogP contribution in [0.2, 0.25) is 0 Å². The van der Waals surface area contributed by atoms with Gasteiger partial charge in [0.2, 0.25) is 0 Å². The second-order valence-electron chi connectivity index (χ2n) is 9.84. The third-order valence-electron chi connectivity index (χ3n) is 9.05. The first kappa shape index (κ1) is 16.9. The van der Waals surface area contributed by atoms with Crippen molar-refractivity contribution in [2.45, 2.75) is 70.7 Å². The minimum atomic E-state index is -1.26. The van der Waals surface area contributed by atoms with Crippen molar-refractivity contribution in [3.63, 3.8) is 0 Å². The molecule has 1 saturated heterocycles. The number of carbonyl (C=O) groups is 2. The summed E-state index contributed by atoms with van der Waals surface area (Å²) in [5.41, 5.74) is -0.999. The van der Waals surface area contributed by atoms with Crippen molar-refractivity contribution in [3.8, 4) is 0 Å². The van der Waals surface area contributed by atoms with Crippen molar-refractivity contribution in [1.29, 1.82) is 0 Å². The van der Waals surface area contributed by atoms with E-state index in [9.17, 15) is 14.7 Å². The fourth-order valence-electron chi connectivity index (χ4n) is 7.73. The van der Waals surface area contributed by atoms with Crippen molar-refractivity contribution >= 4 is 11.6 Å². The van der Waals surface area contributed by atoms with E-state index in [1.807, 2.05) is 6.92 Å². The molecule has 1 heterocycles. The molecule has 3 saturated carbocycles. The van der Waals surface area contributed by atoms with Gasteiger partial charge in [0.25, 0.3) is 0 Å². The smallest absolute Gasteiger partial charge is 0.178 e. The molecule has 26 heavy (non-hydrogen) atoms. The van der Waals surface area contributed by atoms with Gasteiger partial charge in [0.05, 0.1) is 6.10 Å². The number of ketones is 2. The third-order valence-corrected chi connectivity index (χ3v) is 9.05. The number of carbonyl (C=O) groups excluding carboxylic acids is 2. The van der Waals surface area contributed by atoms with E-state index in [-0.39, 0.29) is 40.5 Å². The topological polar surface area (TPSA) is 66.9 Å². The van der Waals surface area contributed by atoms with Crippen LogP contribution in [0, 0.1) is 28.6 Å². The van der Waals surface area contributed by atoms with Crippen molar-refractivity contribution < 1.29 is 19.4 Å². The molecular formula is C22H28O4. The van der Waals surface area contributed by atoms with Gasteiger partial charge in [-0.05, 0) is 69.4 Å². The van der Waals surface area contributed by atoms with Crippen molar-refractivity contribution in [2.24, 2.45) is 28.6 Å². The van der Waals surface area contributed by atoms with Crippen molar-refractivity contribution in [1.82, 2.24) is 0 Å². The summed E-state index contributed by atoms with van der Waals surface area (Å²) in [6, 6.07) is 0. The molecule has 1 spiro atoms. The average Bonchev–Trinajstić information content (AvgIpc) is 3.25. The number of epoxide rings is 1. The Hall–Kier alpha value is -1.26. The highest BCUT2D eigenvalue weighted by molar-refractivity contribution is 6.01. The van der Waals surface area contributed by atoms with Crippen LogP contribution in [-0.4, -0.2) is 34.0 Å². The van der Waals surface area contributed by atoms with Crippen LogP contribution in [0.1, 0.15) is 53.4 Å². The zero-order valence-corrected chi connectivity index (χ0v) is 16.0.